The molecule has 0 fully saturated rings. The Labute approximate surface area is 152 Å². The van der Waals surface area contributed by atoms with Crippen LogP contribution in [-0.4, -0.2) is 48.3 Å². The molecule has 146 valence electrons. The van der Waals surface area contributed by atoms with E-state index in [0.29, 0.717) is 25.7 Å². The van der Waals surface area contributed by atoms with Crippen LogP contribution in [0.5, 0.6) is 0 Å². The Hall–Kier alpha value is -2.38. The third kappa shape index (κ3) is 13.0. The molecule has 0 rings (SSSR count). The fraction of sp³-hybridized carbons (Fsp3) is 0.667. The standard InChI is InChI=1S/C18H26O8/c1-13(19)15(21)7-3-5-11-25-17(23)9-10-18(24)26-12-6-4-8-16(22)14(2)20/h3-12H2,1-2H3. The molecule has 0 saturated carbocycles. The van der Waals surface area contributed by atoms with E-state index in [1.165, 1.54) is 13.8 Å². The maximum atomic E-state index is 11.4. The van der Waals surface area contributed by atoms with Gasteiger partial charge in [-0.05, 0) is 25.7 Å². The Morgan fingerprint density at radius 3 is 1.19 bits per heavy atom. The summed E-state index contributed by atoms with van der Waals surface area (Å²) in [4.78, 5) is 66.5. The number of unbranched alkanes of at least 4 members (excludes halogenated alkanes) is 2. The first kappa shape index (κ1) is 23.6. The normalized spacial score (nSPS) is 10.1. The summed E-state index contributed by atoms with van der Waals surface area (Å²) in [5.74, 6) is -2.91. The van der Waals surface area contributed by atoms with Crippen LogP contribution < -0.4 is 0 Å². The molecule has 26 heavy (non-hydrogen) atoms. The SMILES string of the molecule is CC(=O)C(=O)CCCCOC(=O)CCC(=O)OCCCCC(=O)C(C)=O. The van der Waals surface area contributed by atoms with Gasteiger partial charge in [0.25, 0.3) is 0 Å². The van der Waals surface area contributed by atoms with E-state index in [9.17, 15) is 28.8 Å². The highest BCUT2D eigenvalue weighted by molar-refractivity contribution is 6.36. The molecule has 0 aliphatic heterocycles. The molecule has 0 aromatic rings. The maximum absolute atomic E-state index is 11.4. The zero-order valence-corrected chi connectivity index (χ0v) is 15.3. The highest BCUT2D eigenvalue weighted by atomic mass is 16.5. The molecule has 0 aliphatic carbocycles. The number of hydrogen-bond acceptors (Lipinski definition) is 8. The predicted octanol–water partition coefficient (Wildman–Crippen LogP) is 1.51. The molecule has 0 spiro atoms. The summed E-state index contributed by atoms with van der Waals surface area (Å²) in [6.07, 6.45) is 1.92. The van der Waals surface area contributed by atoms with Crippen molar-refractivity contribution in [1.82, 2.24) is 0 Å². The average molecular weight is 370 g/mol. The summed E-state index contributed by atoms with van der Waals surface area (Å²) in [7, 11) is 0. The third-order valence-corrected chi connectivity index (χ3v) is 3.44. The molecule has 0 radical (unpaired) electrons. The van der Waals surface area contributed by atoms with Gasteiger partial charge in [0.05, 0.1) is 26.1 Å². The van der Waals surface area contributed by atoms with Crippen LogP contribution in [0.2, 0.25) is 0 Å². The van der Waals surface area contributed by atoms with Crippen molar-refractivity contribution < 1.29 is 38.2 Å². The molecule has 0 saturated heterocycles. The van der Waals surface area contributed by atoms with Crippen molar-refractivity contribution in [3.63, 3.8) is 0 Å². The second kappa shape index (κ2) is 13.9. The molecule has 0 N–H and O–H groups in total. The number of esters is 2. The first-order valence-corrected chi connectivity index (χ1v) is 8.62. The highest BCUT2D eigenvalue weighted by Crippen LogP contribution is 2.03. The van der Waals surface area contributed by atoms with E-state index in [4.69, 9.17) is 9.47 Å². The monoisotopic (exact) mass is 370 g/mol. The zero-order chi connectivity index (χ0) is 19.9. The molecule has 0 heterocycles. The Balaban J connectivity index is 3.60. The molecular weight excluding hydrogens is 344 g/mol. The van der Waals surface area contributed by atoms with Crippen LogP contribution in [0.3, 0.4) is 0 Å². The molecule has 0 aromatic carbocycles. The van der Waals surface area contributed by atoms with Crippen molar-refractivity contribution in [2.45, 2.75) is 65.2 Å². The molecule has 0 atom stereocenters. The average Bonchev–Trinajstić information content (AvgIpc) is 2.58. The van der Waals surface area contributed by atoms with Gasteiger partial charge in [-0.2, -0.15) is 0 Å². The second-order valence-electron chi connectivity index (χ2n) is 5.81. The third-order valence-electron chi connectivity index (χ3n) is 3.44. The Morgan fingerprint density at radius 1 is 0.538 bits per heavy atom. The molecule has 0 aromatic heterocycles. The minimum absolute atomic E-state index is 0.103. The van der Waals surface area contributed by atoms with Gasteiger partial charge in [0.1, 0.15) is 0 Å². The van der Waals surface area contributed by atoms with Crippen molar-refractivity contribution >= 4 is 35.1 Å². The highest BCUT2D eigenvalue weighted by Gasteiger charge is 2.11. The molecule has 0 aliphatic rings. The summed E-state index contributed by atoms with van der Waals surface area (Å²) in [6.45, 7) is 2.69. The van der Waals surface area contributed by atoms with Gasteiger partial charge in [-0.15, -0.1) is 0 Å². The number of carbonyl (C=O) groups excluding carboxylic acids is 6. The van der Waals surface area contributed by atoms with E-state index in [0.717, 1.165) is 0 Å². The second-order valence-corrected chi connectivity index (χ2v) is 5.81. The fourth-order valence-electron chi connectivity index (χ4n) is 1.85. The van der Waals surface area contributed by atoms with E-state index in [-0.39, 0.29) is 38.9 Å². The van der Waals surface area contributed by atoms with Gasteiger partial charge in [0.2, 0.25) is 0 Å². The number of rotatable bonds is 15. The van der Waals surface area contributed by atoms with Crippen LogP contribution in [0.25, 0.3) is 0 Å². The van der Waals surface area contributed by atoms with Crippen LogP contribution in [0.15, 0.2) is 0 Å². The van der Waals surface area contributed by atoms with Gasteiger partial charge in [0.15, 0.2) is 23.1 Å². The van der Waals surface area contributed by atoms with Crippen LogP contribution in [-0.2, 0) is 38.2 Å². The van der Waals surface area contributed by atoms with E-state index >= 15 is 0 Å². The minimum Gasteiger partial charge on any atom is -0.466 e. The van der Waals surface area contributed by atoms with Crippen molar-refractivity contribution in [2.75, 3.05) is 13.2 Å². The number of Topliss-reactive ketones (excluding diaryl/α,β-unsaturated/α-hetero) is 4. The van der Waals surface area contributed by atoms with Crippen molar-refractivity contribution in [2.24, 2.45) is 0 Å². The van der Waals surface area contributed by atoms with Gasteiger partial charge in [-0.25, -0.2) is 0 Å². The molecule has 0 unspecified atom stereocenters. The van der Waals surface area contributed by atoms with Crippen LogP contribution in [0.1, 0.15) is 65.2 Å². The van der Waals surface area contributed by atoms with E-state index in [2.05, 4.69) is 0 Å². The van der Waals surface area contributed by atoms with Gasteiger partial charge in [0, 0.05) is 26.7 Å². The van der Waals surface area contributed by atoms with Gasteiger partial charge in [-0.3, -0.25) is 28.8 Å². The summed E-state index contributed by atoms with van der Waals surface area (Å²) >= 11 is 0. The number of hydrogen-bond donors (Lipinski definition) is 0. The Morgan fingerprint density at radius 2 is 0.885 bits per heavy atom. The zero-order valence-electron chi connectivity index (χ0n) is 15.3. The first-order chi connectivity index (χ1) is 12.2. The fourth-order valence-corrected chi connectivity index (χ4v) is 1.85. The van der Waals surface area contributed by atoms with Gasteiger partial charge in [-0.1, -0.05) is 0 Å². The van der Waals surface area contributed by atoms with Gasteiger partial charge < -0.3 is 9.47 Å². The lowest BCUT2D eigenvalue weighted by atomic mass is 10.1. The van der Waals surface area contributed by atoms with Crippen molar-refractivity contribution in [3.8, 4) is 0 Å². The van der Waals surface area contributed by atoms with Crippen molar-refractivity contribution in [3.05, 3.63) is 0 Å². The minimum atomic E-state index is -0.535. The molecule has 0 amide bonds. The lowest BCUT2D eigenvalue weighted by Gasteiger charge is -2.06. The lowest BCUT2D eigenvalue weighted by Crippen LogP contribution is -2.13. The lowest BCUT2D eigenvalue weighted by molar-refractivity contribution is -0.150. The quantitative estimate of drug-likeness (QED) is 0.242. The summed E-state index contributed by atoms with van der Waals surface area (Å²) < 4.78 is 9.83. The van der Waals surface area contributed by atoms with E-state index in [1.807, 2.05) is 0 Å². The Bertz CT molecular complexity index is 487. The van der Waals surface area contributed by atoms with E-state index in [1.54, 1.807) is 0 Å². The van der Waals surface area contributed by atoms with Crippen LogP contribution in [0, 0.1) is 0 Å². The van der Waals surface area contributed by atoms with Gasteiger partial charge >= 0.3 is 11.9 Å². The summed E-state index contributed by atoms with van der Waals surface area (Å²) in [6, 6.07) is 0. The number of ether oxygens (including phenoxy) is 2. The van der Waals surface area contributed by atoms with Crippen molar-refractivity contribution in [1.29, 1.82) is 0 Å². The van der Waals surface area contributed by atoms with Crippen LogP contribution in [0.4, 0.5) is 0 Å². The summed E-state index contributed by atoms with van der Waals surface area (Å²) in [5.41, 5.74) is 0. The summed E-state index contributed by atoms with van der Waals surface area (Å²) in [5, 5.41) is 0. The topological polar surface area (TPSA) is 121 Å². The van der Waals surface area contributed by atoms with Crippen LogP contribution >= 0.6 is 0 Å². The molecule has 8 heteroatoms. The number of carbonyl (C=O) groups is 6. The number of ketones is 4. The smallest absolute Gasteiger partial charge is 0.306 e. The Kier molecular flexibility index (Phi) is 12.6. The molecular formula is C18H26O8. The predicted molar refractivity (Wildman–Crippen MR) is 90.2 cm³/mol. The largest absolute Gasteiger partial charge is 0.466 e. The van der Waals surface area contributed by atoms with E-state index < -0.39 is 35.1 Å². The molecule has 0 bridgehead atoms. The first-order valence-electron chi connectivity index (χ1n) is 8.62. The maximum Gasteiger partial charge on any atom is 0.306 e. The molecule has 8 nitrogen and oxygen atoms in total.